The van der Waals surface area contributed by atoms with Gasteiger partial charge in [-0.15, -0.1) is 0 Å². The summed E-state index contributed by atoms with van der Waals surface area (Å²) in [4.78, 5) is 27.5. The molecule has 0 radical (unpaired) electrons. The van der Waals surface area contributed by atoms with Gasteiger partial charge in [-0.25, -0.2) is 4.79 Å². The van der Waals surface area contributed by atoms with Crippen LogP contribution in [0, 0.1) is 29.1 Å². The Morgan fingerprint density at radius 3 is 2.36 bits per heavy atom. The molecule has 10 atom stereocenters. The molecular weight excluding hydrogens is 823 g/mol. The van der Waals surface area contributed by atoms with Crippen LogP contribution in [-0.2, 0) is 25.5 Å². The van der Waals surface area contributed by atoms with Crippen molar-refractivity contribution in [3.63, 3.8) is 0 Å². The number of dihydropyridines is 1. The number of methoxy groups -OCH3 is 1. The SMILES string of the molecule is COC(=O)/C(C)=C\CC1(O)C(=O)CCC(C(C)C)C12Oc1c(CC=C(C)C)c3c(c(O[C@H]4O[C@@H](CO)[C@H](O)[C@@H](O)[C@@H]4O)c1C1=C2C(C)C(C#N)=C(N)N1)C=CC(C)(CCC=C(C)C)O3. The largest absolute Gasteiger partial charge is 0.482 e. The minimum atomic E-state index is -2.35. The van der Waals surface area contributed by atoms with Gasteiger partial charge in [0.15, 0.2) is 17.0 Å². The Morgan fingerprint density at radius 2 is 1.75 bits per heavy atom. The van der Waals surface area contributed by atoms with Crippen LogP contribution in [0.5, 0.6) is 17.2 Å². The van der Waals surface area contributed by atoms with Gasteiger partial charge in [0.05, 0.1) is 42.2 Å². The number of Topliss-reactive ketones (excluding diaryl/α,β-unsaturated/α-hetero) is 1. The normalized spacial score (nSPS) is 32.1. The van der Waals surface area contributed by atoms with Gasteiger partial charge >= 0.3 is 5.97 Å². The van der Waals surface area contributed by atoms with E-state index in [0.29, 0.717) is 41.7 Å². The van der Waals surface area contributed by atoms with Crippen molar-refractivity contribution in [3.05, 3.63) is 74.7 Å². The zero-order valence-corrected chi connectivity index (χ0v) is 38.6. The number of hydrogen-bond acceptors (Lipinski definition) is 15. The summed E-state index contributed by atoms with van der Waals surface area (Å²) in [6, 6.07) is 2.23. The molecule has 1 saturated heterocycles. The first kappa shape index (κ1) is 48.5. The lowest BCUT2D eigenvalue weighted by molar-refractivity contribution is -0.277. The van der Waals surface area contributed by atoms with E-state index in [9.17, 15) is 40.4 Å². The molecule has 2 fully saturated rings. The monoisotopic (exact) mass is 887 g/mol. The van der Waals surface area contributed by atoms with E-state index in [1.165, 1.54) is 20.1 Å². The van der Waals surface area contributed by atoms with Crippen molar-refractivity contribution in [2.75, 3.05) is 13.7 Å². The number of nitriles is 1. The Bertz CT molecular complexity index is 2270. The first-order valence-corrected chi connectivity index (χ1v) is 22.1. The fourth-order valence-electron chi connectivity index (χ4n) is 9.92. The van der Waals surface area contributed by atoms with Crippen LogP contribution in [0.1, 0.15) is 111 Å². The van der Waals surface area contributed by atoms with E-state index in [-0.39, 0.29) is 64.9 Å². The van der Waals surface area contributed by atoms with Crippen LogP contribution in [0.4, 0.5) is 0 Å². The average molecular weight is 888 g/mol. The van der Waals surface area contributed by atoms with Crippen molar-refractivity contribution in [2.24, 2.45) is 23.5 Å². The van der Waals surface area contributed by atoms with Crippen LogP contribution in [0.15, 0.2) is 58.0 Å². The molecule has 0 bridgehead atoms. The first-order valence-electron chi connectivity index (χ1n) is 22.1. The summed E-state index contributed by atoms with van der Waals surface area (Å²) < 4.78 is 32.3. The molecule has 64 heavy (non-hydrogen) atoms. The van der Waals surface area contributed by atoms with Gasteiger partial charge in [-0.2, -0.15) is 5.26 Å². The molecule has 0 amide bonds. The van der Waals surface area contributed by atoms with Gasteiger partial charge in [0.2, 0.25) is 6.29 Å². The van der Waals surface area contributed by atoms with E-state index in [2.05, 4.69) is 17.5 Å². The summed E-state index contributed by atoms with van der Waals surface area (Å²) in [5.74, 6) is -2.34. The van der Waals surface area contributed by atoms with Crippen molar-refractivity contribution < 1.29 is 58.8 Å². The lowest BCUT2D eigenvalue weighted by atomic mass is 9.54. The number of allylic oxidation sites excluding steroid dienone is 5. The molecule has 0 aromatic heterocycles. The quantitative estimate of drug-likeness (QED) is 0.0836. The van der Waals surface area contributed by atoms with E-state index in [1.807, 2.05) is 66.7 Å². The second kappa shape index (κ2) is 18.5. The Labute approximate surface area is 375 Å². The number of ketones is 1. The van der Waals surface area contributed by atoms with Gasteiger partial charge < -0.3 is 60.3 Å². The number of carbonyl (C=O) groups excluding carboxylic acids is 2. The molecule has 1 spiro atoms. The maximum atomic E-state index is 14.8. The van der Waals surface area contributed by atoms with Gasteiger partial charge in [-0.05, 0) is 85.3 Å². The van der Waals surface area contributed by atoms with Crippen LogP contribution >= 0.6 is 0 Å². The minimum Gasteiger partial charge on any atom is -0.482 e. The third kappa shape index (κ3) is 8.29. The van der Waals surface area contributed by atoms with Gasteiger partial charge in [0, 0.05) is 41.4 Å². The highest BCUT2D eigenvalue weighted by atomic mass is 16.7. The third-order valence-electron chi connectivity index (χ3n) is 13.4. The molecule has 1 aromatic rings. The maximum Gasteiger partial charge on any atom is 0.333 e. The number of esters is 1. The molecule has 5 aliphatic rings. The number of rotatable bonds is 12. The van der Waals surface area contributed by atoms with Gasteiger partial charge in [0.25, 0.3) is 0 Å². The Morgan fingerprint density at radius 1 is 1.06 bits per heavy atom. The summed E-state index contributed by atoms with van der Waals surface area (Å²) in [5, 5.41) is 70.7. The lowest BCUT2D eigenvalue weighted by Crippen LogP contribution is -2.72. The molecule has 1 saturated carbocycles. The molecule has 6 rings (SSSR count). The molecule has 348 valence electrons. The topological polar surface area (TPSA) is 243 Å². The van der Waals surface area contributed by atoms with E-state index < -0.39 is 77.7 Å². The number of fused-ring (bicyclic) bond motifs is 4. The molecule has 4 aliphatic heterocycles. The van der Waals surface area contributed by atoms with E-state index in [4.69, 9.17) is 29.4 Å². The van der Waals surface area contributed by atoms with Gasteiger partial charge in [-0.3, -0.25) is 4.79 Å². The summed E-state index contributed by atoms with van der Waals surface area (Å²) in [7, 11) is 1.24. The molecule has 1 aliphatic carbocycles. The predicted molar refractivity (Wildman–Crippen MR) is 238 cm³/mol. The number of nitrogens with two attached hydrogens (primary N) is 1. The minimum absolute atomic E-state index is 0.00551. The predicted octanol–water partition coefficient (Wildman–Crippen LogP) is 4.94. The second-order valence-electron chi connectivity index (χ2n) is 18.8. The molecule has 15 nitrogen and oxygen atoms in total. The van der Waals surface area contributed by atoms with Crippen molar-refractivity contribution in [2.45, 2.75) is 148 Å². The van der Waals surface area contributed by atoms with E-state index in [0.717, 1.165) is 11.1 Å². The maximum absolute atomic E-state index is 14.8. The fraction of sp³-hybridized carbons (Fsp3) is 0.571. The fourth-order valence-corrected chi connectivity index (χ4v) is 9.92. The second-order valence-corrected chi connectivity index (χ2v) is 18.8. The highest BCUT2D eigenvalue weighted by molar-refractivity contribution is 5.96. The van der Waals surface area contributed by atoms with E-state index >= 15 is 0 Å². The highest BCUT2D eigenvalue weighted by Crippen LogP contribution is 2.63. The average Bonchev–Trinajstić information content (AvgIpc) is 3.23. The Hall–Kier alpha value is -4.95. The molecule has 15 heteroatoms. The van der Waals surface area contributed by atoms with Crippen molar-refractivity contribution in [1.29, 1.82) is 5.26 Å². The van der Waals surface area contributed by atoms with Crippen LogP contribution in [-0.4, -0.2) is 98.5 Å². The Balaban J connectivity index is 1.78. The number of aliphatic hydroxyl groups is 5. The zero-order chi connectivity index (χ0) is 47.2. The number of aliphatic hydroxyl groups excluding tert-OH is 4. The molecule has 8 N–H and O–H groups in total. The summed E-state index contributed by atoms with van der Waals surface area (Å²) in [6.45, 7) is 16.4. The number of hydrogen-bond donors (Lipinski definition) is 7. The van der Waals surface area contributed by atoms with Crippen molar-refractivity contribution >= 4 is 23.5 Å². The number of nitrogens with one attached hydrogen (secondary N) is 1. The van der Waals surface area contributed by atoms with Gasteiger partial charge in [-0.1, -0.05) is 50.1 Å². The summed E-state index contributed by atoms with van der Waals surface area (Å²) in [5.41, 5.74) is 5.77. The zero-order valence-electron chi connectivity index (χ0n) is 38.6. The van der Waals surface area contributed by atoms with Crippen LogP contribution < -0.4 is 25.3 Å². The summed E-state index contributed by atoms with van der Waals surface area (Å²) in [6.07, 6.45) is 2.53. The van der Waals surface area contributed by atoms with Crippen LogP contribution in [0.25, 0.3) is 11.8 Å². The standard InChI is InChI=1S/C49H65N3O12/c1-24(2)12-11-19-47(9)20-18-30-41(63-47)29(14-13-25(3)4)43-35(42(30)62-46-40(57)39(56)38(55)33(23-53)61-46)37-36(28(8)31(22-50)44(51)52-37)49(64-43)32(26(5)6)15-16-34(54)48(49,59)21-17-27(7)45(58)60-10/h12-13,17-18,20,26,28,32-33,38-40,46,52-53,55-57,59H,11,14-16,19,21,23,51H2,1-10H3/b27-17-/t28?,32?,33-,38-,39+,40-,46+,47?,48?,49?/m0/s1. The smallest absolute Gasteiger partial charge is 0.333 e. The number of carbonyl (C=O) groups is 2. The van der Waals surface area contributed by atoms with Gasteiger partial charge in [0.1, 0.15) is 53.1 Å². The number of benzene rings is 1. The van der Waals surface area contributed by atoms with Crippen molar-refractivity contribution in [3.8, 4) is 23.3 Å². The number of nitrogens with zero attached hydrogens (tertiary/aromatic N) is 1. The van der Waals surface area contributed by atoms with Crippen LogP contribution in [0.3, 0.4) is 0 Å². The molecular formula is C49H65N3O12. The highest BCUT2D eigenvalue weighted by Gasteiger charge is 2.69. The molecule has 4 heterocycles. The third-order valence-corrected chi connectivity index (χ3v) is 13.4. The van der Waals surface area contributed by atoms with Crippen molar-refractivity contribution in [1.82, 2.24) is 5.32 Å². The number of ether oxygens (including phenoxy) is 5. The first-order chi connectivity index (χ1) is 30.1. The van der Waals surface area contributed by atoms with Crippen LogP contribution in [0.2, 0.25) is 0 Å². The van der Waals surface area contributed by atoms with E-state index in [1.54, 1.807) is 6.92 Å². The summed E-state index contributed by atoms with van der Waals surface area (Å²) >= 11 is 0. The Kier molecular flexibility index (Phi) is 14.0. The molecule has 5 unspecified atom stereocenters. The lowest BCUT2D eigenvalue weighted by Gasteiger charge is -2.59. The molecule has 1 aromatic carbocycles.